The summed E-state index contributed by atoms with van der Waals surface area (Å²) in [7, 11) is 1.60. The van der Waals surface area contributed by atoms with Crippen molar-refractivity contribution < 1.29 is 19.7 Å². The van der Waals surface area contributed by atoms with Crippen LogP contribution in [0.3, 0.4) is 0 Å². The summed E-state index contributed by atoms with van der Waals surface area (Å²) in [5.74, 6) is 0.370. The lowest BCUT2D eigenvalue weighted by molar-refractivity contribution is 0.0902. The van der Waals surface area contributed by atoms with Crippen LogP contribution in [0, 0.1) is 5.92 Å². The molecule has 1 aromatic carbocycles. The molecule has 1 heterocycles. The first-order valence-electron chi connectivity index (χ1n) is 7.37. The molecule has 118 valence electrons. The summed E-state index contributed by atoms with van der Waals surface area (Å²) in [6.07, 6.45) is 0.518. The van der Waals surface area contributed by atoms with Crippen LogP contribution in [-0.4, -0.2) is 47.0 Å². The van der Waals surface area contributed by atoms with E-state index in [0.717, 1.165) is 16.7 Å². The number of hydrogen-bond donors (Lipinski definition) is 4. The number of fused-ring (bicyclic) bond motifs is 1. The van der Waals surface area contributed by atoms with Crippen molar-refractivity contribution in [2.75, 3.05) is 13.7 Å². The number of carbonyl (C=O) groups is 1. The van der Waals surface area contributed by atoms with Crippen LogP contribution in [0.1, 0.15) is 23.3 Å². The van der Waals surface area contributed by atoms with Crippen LogP contribution in [0.15, 0.2) is 24.3 Å². The zero-order chi connectivity index (χ0) is 15.7. The van der Waals surface area contributed by atoms with Gasteiger partial charge in [-0.05, 0) is 31.0 Å². The van der Waals surface area contributed by atoms with Gasteiger partial charge in [-0.2, -0.15) is 0 Å². The van der Waals surface area contributed by atoms with E-state index in [0.29, 0.717) is 18.5 Å². The molecule has 0 radical (unpaired) electrons. The normalized spacial score (nSPS) is 24.6. The Morgan fingerprint density at radius 2 is 2.23 bits per heavy atom. The van der Waals surface area contributed by atoms with Crippen molar-refractivity contribution in [3.05, 3.63) is 30.0 Å². The van der Waals surface area contributed by atoms with Crippen molar-refractivity contribution in [1.29, 1.82) is 0 Å². The van der Waals surface area contributed by atoms with Crippen molar-refractivity contribution in [2.45, 2.75) is 25.0 Å². The third-order valence-electron chi connectivity index (χ3n) is 4.30. The van der Waals surface area contributed by atoms with Crippen LogP contribution in [-0.2, 0) is 0 Å². The van der Waals surface area contributed by atoms with Gasteiger partial charge in [0.05, 0.1) is 13.2 Å². The highest BCUT2D eigenvalue weighted by Gasteiger charge is 2.33. The molecule has 1 amide bonds. The number of carbonyl (C=O) groups excluding carboxylic acids is 1. The highest BCUT2D eigenvalue weighted by molar-refractivity contribution is 5.98. The van der Waals surface area contributed by atoms with Gasteiger partial charge in [0, 0.05) is 35.5 Å². The highest BCUT2D eigenvalue weighted by atomic mass is 16.5. The smallest absolute Gasteiger partial charge is 0.267 e. The second kappa shape index (κ2) is 5.98. The number of methoxy groups -OCH3 is 1. The van der Waals surface area contributed by atoms with E-state index in [1.54, 1.807) is 13.2 Å². The Bertz CT molecular complexity index is 682. The molecule has 0 aliphatic heterocycles. The first kappa shape index (κ1) is 14.9. The van der Waals surface area contributed by atoms with Crippen molar-refractivity contribution in [3.63, 3.8) is 0 Å². The highest BCUT2D eigenvalue weighted by Crippen LogP contribution is 2.26. The van der Waals surface area contributed by atoms with Gasteiger partial charge in [-0.25, -0.2) is 0 Å². The lowest BCUT2D eigenvalue weighted by atomic mass is 10.1. The Balaban J connectivity index is 1.72. The zero-order valence-corrected chi connectivity index (χ0v) is 12.4. The largest absolute Gasteiger partial charge is 0.497 e. The maximum absolute atomic E-state index is 12.3. The van der Waals surface area contributed by atoms with E-state index >= 15 is 0 Å². The van der Waals surface area contributed by atoms with Crippen molar-refractivity contribution in [3.8, 4) is 5.75 Å². The van der Waals surface area contributed by atoms with E-state index in [1.165, 1.54) is 0 Å². The lowest BCUT2D eigenvalue weighted by Gasteiger charge is -2.11. The van der Waals surface area contributed by atoms with Crippen LogP contribution in [0.5, 0.6) is 5.75 Å². The Kier molecular flexibility index (Phi) is 4.04. The molecule has 1 aromatic heterocycles. The Morgan fingerprint density at radius 3 is 2.91 bits per heavy atom. The minimum absolute atomic E-state index is 0.0558. The summed E-state index contributed by atoms with van der Waals surface area (Å²) >= 11 is 0. The maximum Gasteiger partial charge on any atom is 0.267 e. The van der Waals surface area contributed by atoms with Gasteiger partial charge < -0.3 is 25.3 Å². The van der Waals surface area contributed by atoms with Crippen molar-refractivity contribution >= 4 is 16.8 Å². The van der Waals surface area contributed by atoms with Gasteiger partial charge in [-0.15, -0.1) is 0 Å². The third-order valence-corrected chi connectivity index (χ3v) is 4.30. The fraction of sp³-hybridized carbons (Fsp3) is 0.438. The van der Waals surface area contributed by atoms with E-state index in [4.69, 9.17) is 9.84 Å². The number of H-pyrrole nitrogens is 1. The lowest BCUT2D eigenvalue weighted by Crippen LogP contribution is -2.33. The summed E-state index contributed by atoms with van der Waals surface area (Å²) < 4.78 is 5.16. The van der Waals surface area contributed by atoms with E-state index in [1.807, 2.05) is 18.2 Å². The molecule has 0 spiro atoms. The van der Waals surface area contributed by atoms with E-state index in [9.17, 15) is 9.90 Å². The Hall–Kier alpha value is -2.05. The molecule has 4 N–H and O–H groups in total. The molecule has 1 aliphatic rings. The first-order chi connectivity index (χ1) is 10.6. The predicted octanol–water partition coefficient (Wildman–Crippen LogP) is 1.04. The number of aliphatic hydroxyl groups is 2. The maximum atomic E-state index is 12.3. The molecule has 1 saturated carbocycles. The number of nitrogens with one attached hydrogen (secondary N) is 2. The summed E-state index contributed by atoms with van der Waals surface area (Å²) in [5, 5.41) is 22.8. The number of aliphatic hydroxyl groups excluding tert-OH is 2. The van der Waals surface area contributed by atoms with Gasteiger partial charge in [0.1, 0.15) is 11.4 Å². The van der Waals surface area contributed by atoms with Gasteiger partial charge in [0.25, 0.3) is 5.91 Å². The molecule has 6 nitrogen and oxygen atoms in total. The molecule has 1 aliphatic carbocycles. The average molecular weight is 304 g/mol. The molecular formula is C16H20N2O4. The number of aromatic amines is 1. The van der Waals surface area contributed by atoms with Crippen molar-refractivity contribution in [1.82, 2.24) is 10.3 Å². The van der Waals surface area contributed by atoms with Gasteiger partial charge in [0.2, 0.25) is 0 Å². The second-order valence-electron chi connectivity index (χ2n) is 5.79. The number of hydrogen-bond acceptors (Lipinski definition) is 4. The third kappa shape index (κ3) is 2.80. The summed E-state index contributed by atoms with van der Waals surface area (Å²) in [4.78, 5) is 15.4. The van der Waals surface area contributed by atoms with Crippen molar-refractivity contribution in [2.24, 2.45) is 5.92 Å². The number of rotatable bonds is 4. The second-order valence-corrected chi connectivity index (χ2v) is 5.79. The molecule has 22 heavy (non-hydrogen) atoms. The minimum atomic E-state index is -0.553. The molecule has 0 bridgehead atoms. The molecule has 2 aromatic rings. The van der Waals surface area contributed by atoms with E-state index in [-0.39, 0.29) is 24.5 Å². The van der Waals surface area contributed by atoms with Crippen LogP contribution >= 0.6 is 0 Å². The molecule has 3 rings (SSSR count). The average Bonchev–Trinajstić information content (AvgIpc) is 3.09. The Morgan fingerprint density at radius 1 is 1.41 bits per heavy atom. The standard InChI is InChI=1S/C16H20N2O4/c1-22-12-3-2-9-5-14(18-13(9)7-12)16(21)17-11-4-10(8-19)15(20)6-11/h2-3,5,7,10-11,15,18-20H,4,6,8H2,1H3,(H,17,21)/t10-,11-,15-/m1/s1. The van der Waals surface area contributed by atoms with Crippen LogP contribution in [0.25, 0.3) is 10.9 Å². The number of benzene rings is 1. The fourth-order valence-corrected chi connectivity index (χ4v) is 3.04. The SMILES string of the molecule is COc1ccc2cc(C(=O)N[C@@H]3C[C@H](CO)[C@H](O)C3)[nH]c2c1. The first-order valence-corrected chi connectivity index (χ1v) is 7.37. The zero-order valence-electron chi connectivity index (χ0n) is 12.4. The topological polar surface area (TPSA) is 94.6 Å². The molecule has 0 saturated heterocycles. The van der Waals surface area contributed by atoms with E-state index < -0.39 is 6.10 Å². The Labute approximate surface area is 128 Å². The quantitative estimate of drug-likeness (QED) is 0.679. The molecular weight excluding hydrogens is 284 g/mol. The molecule has 6 heteroatoms. The predicted molar refractivity (Wildman–Crippen MR) is 81.9 cm³/mol. The van der Waals surface area contributed by atoms with Gasteiger partial charge in [-0.3, -0.25) is 4.79 Å². The van der Waals surface area contributed by atoms with Crippen LogP contribution in [0.2, 0.25) is 0 Å². The summed E-state index contributed by atoms with van der Waals surface area (Å²) in [5.41, 5.74) is 1.31. The monoisotopic (exact) mass is 304 g/mol. The number of aromatic nitrogens is 1. The number of ether oxygens (including phenoxy) is 1. The van der Waals surface area contributed by atoms with Crippen LogP contribution < -0.4 is 10.1 Å². The number of amides is 1. The van der Waals surface area contributed by atoms with Gasteiger partial charge in [-0.1, -0.05) is 0 Å². The molecule has 0 unspecified atom stereocenters. The minimum Gasteiger partial charge on any atom is -0.497 e. The summed E-state index contributed by atoms with van der Waals surface area (Å²) in [6.45, 7) is -0.0558. The molecule has 1 fully saturated rings. The fourth-order valence-electron chi connectivity index (χ4n) is 3.04. The molecule has 3 atom stereocenters. The van der Waals surface area contributed by atoms with Crippen LogP contribution in [0.4, 0.5) is 0 Å². The van der Waals surface area contributed by atoms with Gasteiger partial charge in [0.15, 0.2) is 0 Å². The van der Waals surface area contributed by atoms with Gasteiger partial charge >= 0.3 is 0 Å². The van der Waals surface area contributed by atoms with E-state index in [2.05, 4.69) is 10.3 Å². The summed E-state index contributed by atoms with van der Waals surface area (Å²) in [6, 6.07) is 7.26.